The molecule has 2 aliphatic rings. The molecular weight excluding hydrogens is 214 g/mol. The number of aliphatic hydroxyl groups is 1. The van der Waals surface area contributed by atoms with E-state index in [4.69, 9.17) is 5.73 Å². The molecule has 4 nitrogen and oxygen atoms in total. The Morgan fingerprint density at radius 2 is 1.88 bits per heavy atom. The molecule has 1 atom stereocenters. The van der Waals surface area contributed by atoms with Gasteiger partial charge in [0, 0.05) is 38.8 Å². The van der Waals surface area contributed by atoms with Gasteiger partial charge in [-0.25, -0.2) is 0 Å². The van der Waals surface area contributed by atoms with Gasteiger partial charge in [-0.1, -0.05) is 0 Å². The Morgan fingerprint density at radius 3 is 2.41 bits per heavy atom. The van der Waals surface area contributed by atoms with Crippen LogP contribution < -0.4 is 5.73 Å². The molecule has 4 heteroatoms. The summed E-state index contributed by atoms with van der Waals surface area (Å²) >= 11 is 0. The van der Waals surface area contributed by atoms with Gasteiger partial charge in [-0.3, -0.25) is 4.90 Å². The number of hydrogen-bond donors (Lipinski definition) is 2. The molecule has 0 aromatic carbocycles. The second kappa shape index (κ2) is 5.65. The smallest absolute Gasteiger partial charge is 0.0741 e. The summed E-state index contributed by atoms with van der Waals surface area (Å²) in [5.74, 6) is 0. The molecule has 1 aliphatic carbocycles. The molecule has 2 rings (SSSR count). The van der Waals surface area contributed by atoms with Crippen molar-refractivity contribution in [2.75, 3.05) is 39.3 Å². The minimum atomic E-state index is -0.671. The van der Waals surface area contributed by atoms with E-state index >= 15 is 0 Å². The third kappa shape index (κ3) is 4.21. The maximum absolute atomic E-state index is 9.82. The highest BCUT2D eigenvalue weighted by Gasteiger charge is 2.31. The lowest BCUT2D eigenvalue weighted by Gasteiger charge is -2.35. The van der Waals surface area contributed by atoms with Crippen LogP contribution in [0.5, 0.6) is 0 Å². The van der Waals surface area contributed by atoms with E-state index in [9.17, 15) is 5.11 Å². The second-order valence-corrected chi connectivity index (χ2v) is 5.91. The van der Waals surface area contributed by atoms with Gasteiger partial charge in [0.25, 0.3) is 0 Å². The van der Waals surface area contributed by atoms with Crippen LogP contribution in [0.3, 0.4) is 0 Å². The molecule has 1 saturated carbocycles. The van der Waals surface area contributed by atoms with Gasteiger partial charge in [-0.2, -0.15) is 0 Å². The van der Waals surface area contributed by atoms with Gasteiger partial charge < -0.3 is 15.7 Å². The highest BCUT2D eigenvalue weighted by molar-refractivity contribution is 4.87. The van der Waals surface area contributed by atoms with Crippen LogP contribution in [0, 0.1) is 0 Å². The molecule has 0 aromatic heterocycles. The second-order valence-electron chi connectivity index (χ2n) is 5.91. The summed E-state index contributed by atoms with van der Waals surface area (Å²) in [5, 5.41) is 9.82. The van der Waals surface area contributed by atoms with Crippen LogP contribution in [-0.2, 0) is 0 Å². The number of rotatable bonds is 6. The van der Waals surface area contributed by atoms with Gasteiger partial charge in [0.1, 0.15) is 0 Å². The Kier molecular flexibility index (Phi) is 4.42. The van der Waals surface area contributed by atoms with Crippen LogP contribution >= 0.6 is 0 Å². The van der Waals surface area contributed by atoms with Gasteiger partial charge in [-0.15, -0.1) is 0 Å². The van der Waals surface area contributed by atoms with Gasteiger partial charge in [0.05, 0.1) is 5.60 Å². The van der Waals surface area contributed by atoms with E-state index in [0.29, 0.717) is 6.54 Å². The maximum Gasteiger partial charge on any atom is 0.0741 e. The highest BCUT2D eigenvalue weighted by atomic mass is 16.3. The van der Waals surface area contributed by atoms with E-state index in [1.165, 1.54) is 39.0 Å². The molecule has 2 fully saturated rings. The Labute approximate surface area is 105 Å². The van der Waals surface area contributed by atoms with Crippen molar-refractivity contribution < 1.29 is 5.11 Å². The van der Waals surface area contributed by atoms with Crippen molar-refractivity contribution in [3.63, 3.8) is 0 Å². The normalized spacial score (nSPS) is 27.0. The third-order valence-electron chi connectivity index (χ3n) is 4.10. The summed E-state index contributed by atoms with van der Waals surface area (Å²) in [4.78, 5) is 5.15. The molecule has 1 aliphatic heterocycles. The molecule has 0 amide bonds. The average molecular weight is 241 g/mol. The first-order valence-electron chi connectivity index (χ1n) is 6.99. The predicted octanol–water partition coefficient (Wildman–Crippen LogP) is 0.256. The van der Waals surface area contributed by atoms with Crippen LogP contribution in [0.4, 0.5) is 0 Å². The fraction of sp³-hybridized carbons (Fsp3) is 1.00. The predicted molar refractivity (Wildman–Crippen MR) is 69.9 cm³/mol. The van der Waals surface area contributed by atoms with Crippen LogP contribution in [0.15, 0.2) is 0 Å². The summed E-state index contributed by atoms with van der Waals surface area (Å²) in [6, 6.07) is 0.912. The zero-order chi connectivity index (χ0) is 12.3. The maximum atomic E-state index is 9.82. The van der Waals surface area contributed by atoms with Crippen molar-refractivity contribution in [1.29, 1.82) is 0 Å². The van der Waals surface area contributed by atoms with E-state index < -0.39 is 5.60 Å². The standard InChI is InChI=1S/C13H27N3O/c1-13(17,11-14)5-2-6-15-7-9-16(10-8-15)12-3-4-12/h12,17H,2-11,14H2,1H3. The fourth-order valence-corrected chi connectivity index (χ4v) is 2.58. The van der Waals surface area contributed by atoms with Crippen molar-refractivity contribution >= 4 is 0 Å². The van der Waals surface area contributed by atoms with Gasteiger partial charge in [-0.05, 0) is 39.2 Å². The van der Waals surface area contributed by atoms with E-state index in [0.717, 1.165) is 25.4 Å². The summed E-state index contributed by atoms with van der Waals surface area (Å²) < 4.78 is 0. The largest absolute Gasteiger partial charge is 0.389 e. The van der Waals surface area contributed by atoms with Crippen molar-refractivity contribution in [3.8, 4) is 0 Å². The topological polar surface area (TPSA) is 52.7 Å². The molecular formula is C13H27N3O. The van der Waals surface area contributed by atoms with Crippen LogP contribution in [0.25, 0.3) is 0 Å². The molecule has 1 unspecified atom stereocenters. The fourth-order valence-electron chi connectivity index (χ4n) is 2.58. The lowest BCUT2D eigenvalue weighted by atomic mass is 10.0. The van der Waals surface area contributed by atoms with Crippen molar-refractivity contribution in [2.24, 2.45) is 5.73 Å². The number of piperazine rings is 1. The first-order chi connectivity index (χ1) is 8.11. The van der Waals surface area contributed by atoms with E-state index in [2.05, 4.69) is 9.80 Å². The van der Waals surface area contributed by atoms with Gasteiger partial charge >= 0.3 is 0 Å². The van der Waals surface area contributed by atoms with Gasteiger partial charge in [0.15, 0.2) is 0 Å². The summed E-state index contributed by atoms with van der Waals surface area (Å²) in [7, 11) is 0. The minimum absolute atomic E-state index is 0.364. The Bertz CT molecular complexity index is 233. The van der Waals surface area contributed by atoms with Crippen LogP contribution in [-0.4, -0.2) is 65.8 Å². The Balaban J connectivity index is 1.58. The molecule has 17 heavy (non-hydrogen) atoms. The van der Waals surface area contributed by atoms with Crippen LogP contribution in [0.1, 0.15) is 32.6 Å². The zero-order valence-electron chi connectivity index (χ0n) is 11.1. The third-order valence-corrected chi connectivity index (χ3v) is 4.10. The lowest BCUT2D eigenvalue weighted by molar-refractivity contribution is 0.0509. The molecule has 0 bridgehead atoms. The summed E-state index contributed by atoms with van der Waals surface area (Å²) in [6.45, 7) is 8.16. The molecule has 0 spiro atoms. The zero-order valence-corrected chi connectivity index (χ0v) is 11.1. The van der Waals surface area contributed by atoms with E-state index in [1.807, 2.05) is 6.92 Å². The van der Waals surface area contributed by atoms with Crippen molar-refractivity contribution in [2.45, 2.75) is 44.2 Å². The highest BCUT2D eigenvalue weighted by Crippen LogP contribution is 2.27. The molecule has 3 N–H and O–H groups in total. The molecule has 0 radical (unpaired) electrons. The quantitative estimate of drug-likeness (QED) is 0.700. The SMILES string of the molecule is CC(O)(CN)CCCN1CCN(C2CC2)CC1. The van der Waals surface area contributed by atoms with E-state index in [1.54, 1.807) is 0 Å². The number of nitrogens with two attached hydrogens (primary N) is 1. The first-order valence-corrected chi connectivity index (χ1v) is 6.99. The molecule has 0 aromatic rings. The van der Waals surface area contributed by atoms with Crippen LogP contribution in [0.2, 0.25) is 0 Å². The number of hydrogen-bond acceptors (Lipinski definition) is 4. The lowest BCUT2D eigenvalue weighted by Crippen LogP contribution is -2.47. The molecule has 1 saturated heterocycles. The number of nitrogens with zero attached hydrogens (tertiary/aromatic N) is 2. The average Bonchev–Trinajstić information content (AvgIpc) is 3.14. The first kappa shape index (κ1) is 13.3. The van der Waals surface area contributed by atoms with Crippen molar-refractivity contribution in [3.05, 3.63) is 0 Å². The van der Waals surface area contributed by atoms with Gasteiger partial charge in [0.2, 0.25) is 0 Å². The Hall–Kier alpha value is -0.160. The van der Waals surface area contributed by atoms with Crippen molar-refractivity contribution in [1.82, 2.24) is 9.80 Å². The van der Waals surface area contributed by atoms with E-state index in [-0.39, 0.29) is 0 Å². The minimum Gasteiger partial charge on any atom is -0.389 e. The Morgan fingerprint density at radius 1 is 1.24 bits per heavy atom. The molecule has 1 heterocycles. The monoisotopic (exact) mass is 241 g/mol. The molecule has 100 valence electrons. The summed E-state index contributed by atoms with van der Waals surface area (Å²) in [5.41, 5.74) is 4.84. The summed E-state index contributed by atoms with van der Waals surface area (Å²) in [6.07, 6.45) is 4.69.